The summed E-state index contributed by atoms with van der Waals surface area (Å²) in [5.74, 6) is 0. The van der Waals surface area contributed by atoms with E-state index in [0.29, 0.717) is 6.10 Å². The molecule has 102 valence electrons. The molecule has 1 rings (SSSR count). The van der Waals surface area contributed by atoms with Crippen LogP contribution in [0.2, 0.25) is 6.04 Å². The van der Waals surface area contributed by atoms with E-state index in [9.17, 15) is 0 Å². The maximum atomic E-state index is 5.46. The number of epoxide rings is 1. The largest absolute Gasteiger partial charge is 0.500 e. The van der Waals surface area contributed by atoms with Crippen molar-refractivity contribution in [1.82, 2.24) is 0 Å². The Labute approximate surface area is 105 Å². The number of ether oxygens (including phenoxy) is 2. The molecule has 0 aromatic carbocycles. The molecule has 0 saturated carbocycles. The van der Waals surface area contributed by atoms with Gasteiger partial charge in [-0.2, -0.15) is 0 Å². The highest BCUT2D eigenvalue weighted by Crippen LogP contribution is 2.17. The minimum absolute atomic E-state index is 0.366. The lowest BCUT2D eigenvalue weighted by Crippen LogP contribution is -2.42. The third kappa shape index (κ3) is 5.94. The van der Waals surface area contributed by atoms with Gasteiger partial charge in [-0.1, -0.05) is 6.42 Å². The van der Waals surface area contributed by atoms with Crippen LogP contribution in [0.25, 0.3) is 0 Å². The highest BCUT2D eigenvalue weighted by molar-refractivity contribution is 6.60. The summed E-state index contributed by atoms with van der Waals surface area (Å²) in [4.78, 5) is 0. The van der Waals surface area contributed by atoms with Crippen LogP contribution in [0.5, 0.6) is 0 Å². The Bertz CT molecular complexity index is 186. The Balaban J connectivity index is 1.93. The van der Waals surface area contributed by atoms with E-state index in [4.69, 9.17) is 22.8 Å². The normalized spacial score (nSPS) is 19.6. The van der Waals surface area contributed by atoms with Crippen molar-refractivity contribution in [2.75, 3.05) is 41.2 Å². The molecule has 0 spiro atoms. The van der Waals surface area contributed by atoms with Crippen LogP contribution >= 0.6 is 0 Å². The summed E-state index contributed by atoms with van der Waals surface area (Å²) in [7, 11) is 2.60. The molecule has 1 heterocycles. The second kappa shape index (κ2) is 8.18. The third-order valence-corrected chi connectivity index (χ3v) is 5.74. The molecular formula is C11H24O5Si. The fourth-order valence-electron chi connectivity index (χ4n) is 1.66. The van der Waals surface area contributed by atoms with Gasteiger partial charge in [-0.3, -0.25) is 0 Å². The second-order valence-corrected chi connectivity index (χ2v) is 7.23. The van der Waals surface area contributed by atoms with Gasteiger partial charge in [-0.05, 0) is 12.8 Å². The summed E-state index contributed by atoms with van der Waals surface area (Å²) < 4.78 is 26.6. The first-order chi connectivity index (χ1) is 8.26. The van der Waals surface area contributed by atoms with Gasteiger partial charge in [0.05, 0.1) is 13.2 Å². The number of hydrogen-bond acceptors (Lipinski definition) is 5. The standard InChI is InChI=1S/C11H24O5Si/c1-12-17(13-2,14-3)8-6-4-5-7-15-9-11-10-16-11/h11H,4-10H2,1-3H3. The maximum Gasteiger partial charge on any atom is 0.500 e. The van der Waals surface area contributed by atoms with Crippen LogP contribution in [0.1, 0.15) is 19.3 Å². The van der Waals surface area contributed by atoms with Gasteiger partial charge < -0.3 is 22.8 Å². The molecule has 0 aliphatic carbocycles. The molecule has 1 aliphatic rings. The molecule has 17 heavy (non-hydrogen) atoms. The van der Waals surface area contributed by atoms with Crippen molar-refractivity contribution < 1.29 is 22.8 Å². The summed E-state index contributed by atoms with van der Waals surface area (Å²) in [6, 6.07) is 0.863. The van der Waals surface area contributed by atoms with Crippen molar-refractivity contribution >= 4 is 8.80 Å². The summed E-state index contributed by atoms with van der Waals surface area (Å²) in [6.07, 6.45) is 3.58. The molecule has 1 fully saturated rings. The summed E-state index contributed by atoms with van der Waals surface area (Å²) in [6.45, 7) is 2.41. The van der Waals surface area contributed by atoms with Crippen LogP contribution < -0.4 is 0 Å². The molecule has 5 nitrogen and oxygen atoms in total. The number of rotatable bonds is 11. The van der Waals surface area contributed by atoms with E-state index in [1.54, 1.807) is 21.3 Å². The average molecular weight is 264 g/mol. The molecule has 1 unspecified atom stereocenters. The van der Waals surface area contributed by atoms with Crippen molar-refractivity contribution in [3.05, 3.63) is 0 Å². The number of unbranched alkanes of at least 4 members (excludes halogenated alkanes) is 2. The lowest BCUT2D eigenvalue weighted by molar-refractivity contribution is 0.110. The van der Waals surface area contributed by atoms with Crippen LogP contribution in [0.4, 0.5) is 0 Å². The second-order valence-electron chi connectivity index (χ2n) is 4.14. The molecular weight excluding hydrogens is 240 g/mol. The minimum Gasteiger partial charge on any atom is -0.379 e. The highest BCUT2D eigenvalue weighted by atomic mass is 28.4. The van der Waals surface area contributed by atoms with E-state index in [1.807, 2.05) is 0 Å². The Kier molecular flexibility index (Phi) is 7.25. The quantitative estimate of drug-likeness (QED) is 0.321. The van der Waals surface area contributed by atoms with Gasteiger partial charge in [-0.25, -0.2) is 0 Å². The van der Waals surface area contributed by atoms with E-state index in [1.165, 1.54) is 0 Å². The van der Waals surface area contributed by atoms with Gasteiger partial charge >= 0.3 is 8.80 Å². The molecule has 0 N–H and O–H groups in total. The van der Waals surface area contributed by atoms with Crippen LogP contribution in [-0.2, 0) is 22.8 Å². The molecule has 6 heteroatoms. The summed E-state index contributed by atoms with van der Waals surface area (Å²) >= 11 is 0. The first-order valence-corrected chi connectivity index (χ1v) is 8.04. The van der Waals surface area contributed by atoms with Gasteiger partial charge in [0.25, 0.3) is 0 Å². The van der Waals surface area contributed by atoms with Crippen molar-refractivity contribution in [2.45, 2.75) is 31.4 Å². The molecule has 0 aromatic heterocycles. The molecule has 0 bridgehead atoms. The van der Waals surface area contributed by atoms with Crippen LogP contribution in [0, 0.1) is 0 Å². The van der Waals surface area contributed by atoms with Crippen LogP contribution in [-0.4, -0.2) is 56.1 Å². The molecule has 0 aromatic rings. The zero-order chi connectivity index (χ0) is 12.6. The summed E-state index contributed by atoms with van der Waals surface area (Å²) in [5.41, 5.74) is 0. The van der Waals surface area contributed by atoms with E-state index < -0.39 is 8.80 Å². The molecule has 0 amide bonds. The Morgan fingerprint density at radius 3 is 2.24 bits per heavy atom. The fraction of sp³-hybridized carbons (Fsp3) is 1.00. The minimum atomic E-state index is -2.35. The van der Waals surface area contributed by atoms with Crippen molar-refractivity contribution in [3.63, 3.8) is 0 Å². The summed E-state index contributed by atoms with van der Waals surface area (Å²) in [5, 5.41) is 0. The predicted molar refractivity (Wildman–Crippen MR) is 66.0 cm³/mol. The van der Waals surface area contributed by atoms with Gasteiger partial charge in [0.15, 0.2) is 0 Å². The van der Waals surface area contributed by atoms with Gasteiger partial charge in [0.2, 0.25) is 0 Å². The topological polar surface area (TPSA) is 49.5 Å². The lowest BCUT2D eigenvalue weighted by Gasteiger charge is -2.24. The van der Waals surface area contributed by atoms with Crippen molar-refractivity contribution in [2.24, 2.45) is 0 Å². The Hall–Kier alpha value is 0.0169. The molecule has 1 atom stereocenters. The first kappa shape index (κ1) is 15.1. The molecule has 0 radical (unpaired) electrons. The van der Waals surface area contributed by atoms with Crippen molar-refractivity contribution in [1.29, 1.82) is 0 Å². The smallest absolute Gasteiger partial charge is 0.379 e. The average Bonchev–Trinajstić information content (AvgIpc) is 3.18. The Morgan fingerprint density at radius 2 is 1.71 bits per heavy atom. The van der Waals surface area contributed by atoms with Crippen molar-refractivity contribution in [3.8, 4) is 0 Å². The zero-order valence-corrected chi connectivity index (χ0v) is 12.1. The molecule has 1 saturated heterocycles. The number of hydrogen-bond donors (Lipinski definition) is 0. The van der Waals surface area contributed by atoms with E-state index in [0.717, 1.165) is 45.1 Å². The zero-order valence-electron chi connectivity index (χ0n) is 11.1. The Morgan fingerprint density at radius 1 is 1.06 bits per heavy atom. The lowest BCUT2D eigenvalue weighted by atomic mass is 10.3. The van der Waals surface area contributed by atoms with E-state index >= 15 is 0 Å². The van der Waals surface area contributed by atoms with Gasteiger partial charge in [0, 0.05) is 34.0 Å². The third-order valence-electron chi connectivity index (χ3n) is 2.91. The highest BCUT2D eigenvalue weighted by Gasteiger charge is 2.36. The monoisotopic (exact) mass is 264 g/mol. The maximum absolute atomic E-state index is 5.46. The van der Waals surface area contributed by atoms with Gasteiger partial charge in [-0.15, -0.1) is 0 Å². The van der Waals surface area contributed by atoms with Crippen LogP contribution in [0.3, 0.4) is 0 Å². The van der Waals surface area contributed by atoms with Crippen LogP contribution in [0.15, 0.2) is 0 Å². The van der Waals surface area contributed by atoms with E-state index in [-0.39, 0.29) is 0 Å². The SMILES string of the molecule is CO[Si](CCCCCOCC1CO1)(OC)OC. The predicted octanol–water partition coefficient (Wildman–Crippen LogP) is 1.45. The molecule has 1 aliphatic heterocycles. The first-order valence-electron chi connectivity index (χ1n) is 6.11. The van der Waals surface area contributed by atoms with Gasteiger partial charge in [0.1, 0.15) is 6.10 Å². The fourth-order valence-corrected chi connectivity index (χ4v) is 3.45. The van der Waals surface area contributed by atoms with E-state index in [2.05, 4.69) is 0 Å².